The first-order chi connectivity index (χ1) is 57.4. The lowest BCUT2D eigenvalue weighted by atomic mass is 10.0. The van der Waals surface area contributed by atoms with Crippen molar-refractivity contribution in [1.82, 2.24) is 67.0 Å². The number of aliphatic carboxylic acids is 1. The highest BCUT2D eigenvalue weighted by Crippen LogP contribution is 2.28. The van der Waals surface area contributed by atoms with Crippen LogP contribution in [0.25, 0.3) is 0 Å². The Bertz CT molecular complexity index is 4180. The largest absolute Gasteiger partial charge is 0.480 e. The average molecular weight is 1690 g/mol. The quantitative estimate of drug-likeness (QED) is 0.0293. The first-order valence-corrected chi connectivity index (χ1v) is 40.4. The van der Waals surface area contributed by atoms with Crippen molar-refractivity contribution in [3.05, 3.63) is 71.8 Å². The molecule has 5 aliphatic rings. The number of likely N-dealkylation sites (tertiary alicyclic amines) is 5. The van der Waals surface area contributed by atoms with E-state index in [2.05, 4.69) is 42.5 Å². The lowest BCUT2D eigenvalue weighted by molar-refractivity contribution is -0.146. The topological polar surface area (TPSA) is 699 Å². The molecule has 43 nitrogen and oxygen atoms in total. The van der Waals surface area contributed by atoms with Crippen LogP contribution < -0.4 is 88.4 Å². The molecule has 0 unspecified atom stereocenters. The van der Waals surface area contributed by atoms with Crippen molar-refractivity contribution >= 4 is 124 Å². The molecule has 2 aromatic carbocycles. The molecule has 5 fully saturated rings. The molecule has 14 atom stereocenters. The van der Waals surface area contributed by atoms with Crippen LogP contribution in [0.5, 0.6) is 0 Å². The van der Waals surface area contributed by atoms with Crippen LogP contribution in [0, 0.1) is 0 Å². The maximum Gasteiger partial charge on any atom is 0.326 e. The van der Waals surface area contributed by atoms with E-state index in [-0.39, 0.29) is 142 Å². The molecule has 43 heteroatoms. The van der Waals surface area contributed by atoms with Crippen LogP contribution in [-0.4, -0.2) is 271 Å². The normalized spacial score (nSPS) is 19.6. The predicted octanol–water partition coefficient (Wildman–Crippen LogP) is -7.42. The zero-order valence-electron chi connectivity index (χ0n) is 67.2. The molecule has 20 amide bonds. The number of nitrogens with one attached hydrogen (secondary N) is 8. The van der Waals surface area contributed by atoms with E-state index in [0.717, 1.165) is 9.80 Å². The van der Waals surface area contributed by atoms with E-state index >= 15 is 4.79 Å². The summed E-state index contributed by atoms with van der Waals surface area (Å²) in [5, 5.41) is 30.4. The van der Waals surface area contributed by atoms with Gasteiger partial charge in [-0.1, -0.05) is 60.7 Å². The summed E-state index contributed by atoms with van der Waals surface area (Å²) in [4.78, 5) is 291. The highest BCUT2D eigenvalue weighted by atomic mass is 16.4. The number of amides is 20. The molecular formula is C78H111N21O22. The summed E-state index contributed by atoms with van der Waals surface area (Å²) in [7, 11) is 0. The Morgan fingerprint density at radius 1 is 0.289 bits per heavy atom. The molecule has 5 aliphatic heterocycles. The van der Waals surface area contributed by atoms with Gasteiger partial charge in [0.15, 0.2) is 0 Å². The summed E-state index contributed by atoms with van der Waals surface area (Å²) in [6, 6.07) is -3.51. The van der Waals surface area contributed by atoms with E-state index < -0.39 is 260 Å². The van der Waals surface area contributed by atoms with Gasteiger partial charge in [-0.2, -0.15) is 0 Å². The van der Waals surface area contributed by atoms with Crippen molar-refractivity contribution in [2.24, 2.45) is 45.9 Å². The predicted molar refractivity (Wildman–Crippen MR) is 424 cm³/mol. The molecule has 0 radical (unpaired) electrons. The monoisotopic (exact) mass is 1690 g/mol. The van der Waals surface area contributed by atoms with Crippen molar-refractivity contribution < 1.29 is 106 Å². The van der Waals surface area contributed by atoms with E-state index in [1.165, 1.54) is 14.7 Å². The number of hydrogen-bond acceptors (Lipinski definition) is 22. The van der Waals surface area contributed by atoms with Crippen LogP contribution in [0.15, 0.2) is 60.7 Å². The Morgan fingerprint density at radius 2 is 0.504 bits per heavy atom. The summed E-state index contributed by atoms with van der Waals surface area (Å²) in [5.41, 5.74) is 45.2. The van der Waals surface area contributed by atoms with Gasteiger partial charge in [-0.3, -0.25) is 95.9 Å². The van der Waals surface area contributed by atoms with Gasteiger partial charge in [-0.25, -0.2) is 4.79 Å². The van der Waals surface area contributed by atoms with E-state index in [0.29, 0.717) is 17.5 Å². The minimum atomic E-state index is -1.73. The molecule has 0 aliphatic carbocycles. The molecule has 0 bridgehead atoms. The molecule has 25 N–H and O–H groups in total. The fourth-order valence-electron chi connectivity index (χ4n) is 15.5. The van der Waals surface area contributed by atoms with Gasteiger partial charge < -0.3 is 118 Å². The number of nitrogens with zero attached hydrogens (tertiary/aromatic N) is 5. The SMILES string of the molecule is NC(=O)CC[C@H](NC(=O)[C@@H]1CCCN1C(=O)[C@H](Cc1ccccc1)NC(=O)[C@@H]1CCCN1C(=O)[C@H](CCC(N)=O)NC(=O)[C@H](CCC(N)=O)NC(=O)[C@@H]1CCCN1C(=O)[C@H](CCC(N)=O)NC(=O)[C@H](CCC(N)=O)NC(=O)[C@@H]1CCCN1C(=O)[C@H](Cc1ccccc1)NC(=O)[C@@H]1CCCN1C(=O)[C@H](CCC(N)=O)NC(=O)[C@@H](N)CCC(N)=O)C(=O)O. The third kappa shape index (κ3) is 28.5. The number of hydrogen-bond donors (Lipinski definition) is 17. The van der Waals surface area contributed by atoms with Gasteiger partial charge >= 0.3 is 5.97 Å². The minimum Gasteiger partial charge on any atom is -0.480 e. The van der Waals surface area contributed by atoms with Crippen molar-refractivity contribution in [3.63, 3.8) is 0 Å². The zero-order chi connectivity index (χ0) is 88.9. The molecule has 0 spiro atoms. The van der Waals surface area contributed by atoms with Crippen LogP contribution >= 0.6 is 0 Å². The van der Waals surface area contributed by atoms with Gasteiger partial charge in [0.2, 0.25) is 118 Å². The second-order valence-electron chi connectivity index (χ2n) is 30.8. The van der Waals surface area contributed by atoms with Crippen molar-refractivity contribution in [2.75, 3.05) is 32.7 Å². The van der Waals surface area contributed by atoms with Crippen LogP contribution in [0.2, 0.25) is 0 Å². The second-order valence-corrected chi connectivity index (χ2v) is 30.8. The third-order valence-electron chi connectivity index (χ3n) is 21.8. The first kappa shape index (κ1) is 95.4. The number of carbonyl (C=O) groups excluding carboxylic acids is 20. The number of nitrogens with two attached hydrogens (primary N) is 8. The highest BCUT2D eigenvalue weighted by molar-refractivity contribution is 6.02. The zero-order valence-corrected chi connectivity index (χ0v) is 67.2. The van der Waals surface area contributed by atoms with Crippen molar-refractivity contribution in [3.8, 4) is 0 Å². The fourth-order valence-corrected chi connectivity index (χ4v) is 15.5. The molecule has 7 rings (SSSR count). The Labute approximate surface area is 696 Å². The Balaban J connectivity index is 1.05. The van der Waals surface area contributed by atoms with Crippen molar-refractivity contribution in [1.29, 1.82) is 0 Å². The fraction of sp³-hybridized carbons (Fsp3) is 0.577. The number of rotatable bonds is 47. The molecule has 0 aromatic heterocycles. The van der Waals surface area contributed by atoms with E-state index in [4.69, 9.17) is 45.9 Å². The van der Waals surface area contributed by atoms with Crippen LogP contribution in [0.4, 0.5) is 0 Å². The smallest absolute Gasteiger partial charge is 0.326 e. The van der Waals surface area contributed by atoms with Gasteiger partial charge in [0.05, 0.1) is 6.04 Å². The summed E-state index contributed by atoms with van der Waals surface area (Å²) >= 11 is 0. The van der Waals surface area contributed by atoms with Crippen LogP contribution in [-0.2, 0) is 114 Å². The number of benzene rings is 2. The van der Waals surface area contributed by atoms with Gasteiger partial charge in [-0.15, -0.1) is 0 Å². The lowest BCUT2D eigenvalue weighted by Crippen LogP contribution is -2.61. The standard InChI is InChI=1S/C78H111N21O22/c79-44(21-28-58(80)100)65(107)89-47(24-31-61(83)103)73(115)96-36-8-19-56(96)71(113)93-51(40-42-12-3-1-4-13-42)76(118)98-38-10-17-54(98)69(111)88-46(23-30-60(82)102)67(109)90-48(25-32-62(84)104)74(116)95-35-7-16-53(95)68(110)87-45(22-29-59(81)101)66(108)91-49(26-33-63(85)105)75(117)97-37-9-20-57(97)72(114)94-52(41-43-14-5-2-6-15-43)77(119)99-39-11-18-55(99)70(112)92-50(78(120)121)27-34-64(86)106/h1-6,12-15,44-57H,7-11,16-41,79H2,(H2,80,100)(H2,81,101)(H2,82,102)(H2,83,103)(H2,84,104)(H2,85,105)(H2,86,106)(H,87,110)(H,88,111)(H,89,107)(H,90,109)(H,91,108)(H,92,112)(H,93,113)(H,94,114)(H,120,121)/t44-,45-,46-,47-,48-,49-,50-,51-,52-,53-,54-,55-,56-,57-/m0/s1. The minimum absolute atomic E-state index is 0.00169. The number of carboxylic acids is 1. The summed E-state index contributed by atoms with van der Waals surface area (Å²) in [6.07, 6.45) is -4.92. The number of carboxylic acid groups (broad SMARTS) is 1. The summed E-state index contributed by atoms with van der Waals surface area (Å²) in [6.45, 7) is -0.299. The van der Waals surface area contributed by atoms with Gasteiger partial charge in [0.25, 0.3) is 0 Å². The number of primary amides is 7. The molecule has 5 saturated heterocycles. The average Bonchev–Trinajstić information content (AvgIpc) is 1.71. The van der Waals surface area contributed by atoms with E-state index in [1.54, 1.807) is 60.7 Å². The summed E-state index contributed by atoms with van der Waals surface area (Å²) < 4.78 is 0. The molecule has 121 heavy (non-hydrogen) atoms. The van der Waals surface area contributed by atoms with Crippen LogP contribution in [0.1, 0.15) is 165 Å². The molecule has 660 valence electrons. The Hall–Kier alpha value is -12.7. The Morgan fingerprint density at radius 3 is 0.760 bits per heavy atom. The van der Waals surface area contributed by atoms with E-state index in [9.17, 15) is 101 Å². The van der Waals surface area contributed by atoms with E-state index in [1.807, 2.05) is 0 Å². The van der Waals surface area contributed by atoms with Gasteiger partial charge in [0.1, 0.15) is 78.5 Å². The van der Waals surface area contributed by atoms with Crippen LogP contribution in [0.3, 0.4) is 0 Å². The Kier molecular flexibility index (Phi) is 36.3. The first-order valence-electron chi connectivity index (χ1n) is 40.4. The van der Waals surface area contributed by atoms with Gasteiger partial charge in [0, 0.05) is 90.5 Å². The molecule has 5 heterocycles. The molecular weight excluding hydrogens is 1580 g/mol. The third-order valence-corrected chi connectivity index (χ3v) is 21.8. The van der Waals surface area contributed by atoms with Crippen molar-refractivity contribution in [2.45, 2.75) is 252 Å². The highest BCUT2D eigenvalue weighted by Gasteiger charge is 2.47. The van der Waals surface area contributed by atoms with Gasteiger partial charge in [-0.05, 0) is 120 Å². The summed E-state index contributed by atoms with van der Waals surface area (Å²) in [5.74, 6) is -19.2. The lowest BCUT2D eigenvalue weighted by Gasteiger charge is -2.33. The maximum absolute atomic E-state index is 15.0. The second kappa shape index (κ2) is 46.0. The molecule has 2 aromatic rings. The molecule has 0 saturated carbocycles. The maximum atomic E-state index is 15.0. The number of carbonyl (C=O) groups is 21.